The lowest BCUT2D eigenvalue weighted by molar-refractivity contribution is 0.0175. The van der Waals surface area contributed by atoms with Gasteiger partial charge < -0.3 is 19.3 Å². The monoisotopic (exact) mass is 452 g/mol. The second-order valence-corrected chi connectivity index (χ2v) is 10.1. The van der Waals surface area contributed by atoms with Crippen LogP contribution in [0, 0.1) is 11.8 Å². The maximum absolute atomic E-state index is 12.2. The van der Waals surface area contributed by atoms with Crippen LogP contribution in [0.2, 0.25) is 5.02 Å². The lowest BCUT2D eigenvalue weighted by Crippen LogP contribution is -2.41. The summed E-state index contributed by atoms with van der Waals surface area (Å²) >= 11 is 6.24. The number of likely N-dealkylation sites (tertiary alicyclic amines) is 1. The molecule has 1 aliphatic heterocycles. The van der Waals surface area contributed by atoms with Crippen LogP contribution in [0.15, 0.2) is 18.2 Å². The Hall–Kier alpha value is -1.95. The van der Waals surface area contributed by atoms with Crippen molar-refractivity contribution in [3.05, 3.63) is 28.8 Å². The molecule has 1 heterocycles. The van der Waals surface area contributed by atoms with E-state index in [1.54, 1.807) is 32.3 Å². The lowest BCUT2D eigenvalue weighted by Gasteiger charge is -2.34. The van der Waals surface area contributed by atoms with E-state index in [0.717, 1.165) is 38.8 Å². The van der Waals surface area contributed by atoms with E-state index in [-0.39, 0.29) is 12.0 Å². The average Bonchev–Trinajstić information content (AvgIpc) is 2.66. The highest BCUT2D eigenvalue weighted by molar-refractivity contribution is 6.34. The van der Waals surface area contributed by atoms with Gasteiger partial charge in [0.2, 0.25) is 0 Å². The van der Waals surface area contributed by atoms with Crippen molar-refractivity contribution in [3.63, 3.8) is 0 Å². The highest BCUT2D eigenvalue weighted by atomic mass is 35.5. The highest BCUT2D eigenvalue weighted by Gasteiger charge is 2.27. The molecule has 0 bridgehead atoms. The molecule has 1 aromatic rings. The third-order valence-corrected chi connectivity index (χ3v) is 5.77. The summed E-state index contributed by atoms with van der Waals surface area (Å²) in [6.45, 7) is 10.1. The second-order valence-electron chi connectivity index (χ2n) is 9.73. The molecule has 1 unspecified atom stereocenters. The molecule has 2 amide bonds. The molecule has 1 saturated heterocycles. The summed E-state index contributed by atoms with van der Waals surface area (Å²) in [5, 5.41) is 0.404. The summed E-state index contributed by atoms with van der Waals surface area (Å²) < 4.78 is 11.3. The first kappa shape index (κ1) is 25.3. The smallest absolute Gasteiger partial charge is 0.410 e. The molecule has 0 aromatic heterocycles. The number of ether oxygens (including phenoxy) is 2. The molecule has 31 heavy (non-hydrogen) atoms. The van der Waals surface area contributed by atoms with E-state index in [1.165, 1.54) is 4.90 Å². The molecule has 0 radical (unpaired) electrons. The van der Waals surface area contributed by atoms with E-state index < -0.39 is 5.60 Å². The van der Waals surface area contributed by atoms with Gasteiger partial charge in [-0.3, -0.25) is 4.79 Å². The maximum atomic E-state index is 12.2. The molecular weight excluding hydrogens is 416 g/mol. The molecule has 0 aliphatic carbocycles. The number of carbonyl (C=O) groups excluding carboxylic acids is 2. The Morgan fingerprint density at radius 3 is 2.42 bits per heavy atom. The van der Waals surface area contributed by atoms with Gasteiger partial charge in [-0.25, -0.2) is 4.79 Å². The van der Waals surface area contributed by atoms with Gasteiger partial charge in [0.15, 0.2) is 0 Å². The Kier molecular flexibility index (Phi) is 9.04. The number of hydrogen-bond acceptors (Lipinski definition) is 4. The molecule has 2 rings (SSSR count). The molecule has 6 nitrogen and oxygen atoms in total. The Labute approximate surface area is 191 Å². The van der Waals surface area contributed by atoms with Gasteiger partial charge in [-0.1, -0.05) is 18.5 Å². The Morgan fingerprint density at radius 1 is 1.23 bits per heavy atom. The van der Waals surface area contributed by atoms with Gasteiger partial charge in [-0.05, 0) is 76.5 Å². The van der Waals surface area contributed by atoms with Gasteiger partial charge in [0, 0.05) is 27.2 Å². The number of halogens is 1. The zero-order valence-electron chi connectivity index (χ0n) is 19.7. The first-order valence-electron chi connectivity index (χ1n) is 11.1. The van der Waals surface area contributed by atoms with Crippen molar-refractivity contribution in [2.45, 2.75) is 59.0 Å². The quantitative estimate of drug-likeness (QED) is 0.549. The van der Waals surface area contributed by atoms with E-state index >= 15 is 0 Å². The molecule has 1 aromatic carbocycles. The fraction of sp³-hybridized carbons (Fsp3) is 0.667. The van der Waals surface area contributed by atoms with Crippen LogP contribution in [-0.4, -0.2) is 61.2 Å². The van der Waals surface area contributed by atoms with Gasteiger partial charge in [-0.15, -0.1) is 0 Å². The number of benzene rings is 1. The van der Waals surface area contributed by atoms with E-state index in [1.807, 2.05) is 25.7 Å². The van der Waals surface area contributed by atoms with Gasteiger partial charge in [0.05, 0.1) is 17.2 Å². The Morgan fingerprint density at radius 2 is 1.87 bits per heavy atom. The van der Waals surface area contributed by atoms with Crippen LogP contribution in [0.4, 0.5) is 4.79 Å². The van der Waals surface area contributed by atoms with Crippen LogP contribution in [0.5, 0.6) is 5.75 Å². The van der Waals surface area contributed by atoms with Crippen LogP contribution in [0.25, 0.3) is 0 Å². The molecule has 1 atom stereocenters. The SMILES string of the molecule is CC(CCOc1ccc(C(=O)N(C)C)c(Cl)c1)CC1CCN(C(=O)OC(C)(C)C)CC1. The van der Waals surface area contributed by atoms with Gasteiger partial charge in [0.25, 0.3) is 5.91 Å². The topological polar surface area (TPSA) is 59.1 Å². The third-order valence-electron chi connectivity index (χ3n) is 5.46. The van der Waals surface area contributed by atoms with Crippen LogP contribution in [0.1, 0.15) is 63.7 Å². The van der Waals surface area contributed by atoms with Gasteiger partial charge in [-0.2, -0.15) is 0 Å². The highest BCUT2D eigenvalue weighted by Crippen LogP contribution is 2.27. The largest absolute Gasteiger partial charge is 0.494 e. The summed E-state index contributed by atoms with van der Waals surface area (Å²) in [4.78, 5) is 27.6. The first-order chi connectivity index (χ1) is 14.5. The van der Waals surface area contributed by atoms with Crippen molar-refractivity contribution in [3.8, 4) is 5.75 Å². The summed E-state index contributed by atoms with van der Waals surface area (Å²) in [6, 6.07) is 5.21. The number of rotatable bonds is 7. The van der Waals surface area contributed by atoms with Crippen molar-refractivity contribution < 1.29 is 19.1 Å². The normalized spacial score (nSPS) is 16.0. The molecular formula is C24H37ClN2O4. The number of nitrogens with zero attached hydrogens (tertiary/aromatic N) is 2. The fourth-order valence-electron chi connectivity index (χ4n) is 3.74. The summed E-state index contributed by atoms with van der Waals surface area (Å²) in [5.74, 6) is 1.71. The molecule has 0 saturated carbocycles. The van der Waals surface area contributed by atoms with Crippen molar-refractivity contribution in [1.82, 2.24) is 9.80 Å². The molecule has 7 heteroatoms. The summed E-state index contributed by atoms with van der Waals surface area (Å²) in [7, 11) is 3.40. The van der Waals surface area contributed by atoms with Crippen LogP contribution in [0.3, 0.4) is 0 Å². The summed E-state index contributed by atoms with van der Waals surface area (Å²) in [5.41, 5.74) is 0.0274. The van der Waals surface area contributed by atoms with E-state index in [9.17, 15) is 9.59 Å². The fourth-order valence-corrected chi connectivity index (χ4v) is 3.99. The second kappa shape index (κ2) is 11.1. The molecule has 174 valence electrons. The lowest BCUT2D eigenvalue weighted by atomic mass is 9.87. The Bertz CT molecular complexity index is 752. The van der Waals surface area contributed by atoms with E-state index in [4.69, 9.17) is 21.1 Å². The zero-order chi connectivity index (χ0) is 23.2. The standard InChI is InChI=1S/C24H37ClN2O4/c1-17(15-18-9-12-27(13-10-18)23(29)31-24(2,3)4)11-14-30-19-7-8-20(21(25)16-19)22(28)26(5)6/h7-8,16-18H,9-15H2,1-6H3. The number of piperidine rings is 1. The van der Waals surface area contributed by atoms with E-state index in [0.29, 0.717) is 34.8 Å². The van der Waals surface area contributed by atoms with Crippen molar-refractivity contribution >= 4 is 23.6 Å². The predicted octanol–water partition coefficient (Wildman–Crippen LogP) is 5.48. The minimum Gasteiger partial charge on any atom is -0.494 e. The maximum Gasteiger partial charge on any atom is 0.410 e. The molecule has 0 N–H and O–H groups in total. The molecule has 1 fully saturated rings. The number of amides is 2. The summed E-state index contributed by atoms with van der Waals surface area (Å²) in [6.07, 6.45) is 3.90. The van der Waals surface area contributed by atoms with Gasteiger partial charge in [0.1, 0.15) is 11.4 Å². The van der Waals surface area contributed by atoms with Crippen molar-refractivity contribution in [2.75, 3.05) is 33.8 Å². The third kappa shape index (κ3) is 8.24. The van der Waals surface area contributed by atoms with Gasteiger partial charge >= 0.3 is 6.09 Å². The van der Waals surface area contributed by atoms with E-state index in [2.05, 4.69) is 6.92 Å². The van der Waals surface area contributed by atoms with Crippen molar-refractivity contribution in [2.24, 2.45) is 11.8 Å². The minimum absolute atomic E-state index is 0.122. The number of hydrogen-bond donors (Lipinski definition) is 0. The van der Waals surface area contributed by atoms with Crippen LogP contribution >= 0.6 is 11.6 Å². The zero-order valence-corrected chi connectivity index (χ0v) is 20.5. The molecule has 1 aliphatic rings. The van der Waals surface area contributed by atoms with Crippen LogP contribution in [-0.2, 0) is 4.74 Å². The first-order valence-corrected chi connectivity index (χ1v) is 11.5. The van der Waals surface area contributed by atoms with Crippen LogP contribution < -0.4 is 4.74 Å². The Balaban J connectivity index is 1.71. The predicted molar refractivity (Wildman–Crippen MR) is 124 cm³/mol. The average molecular weight is 453 g/mol. The van der Waals surface area contributed by atoms with Crippen molar-refractivity contribution in [1.29, 1.82) is 0 Å². The molecule has 0 spiro atoms. The minimum atomic E-state index is -0.450. The number of carbonyl (C=O) groups is 2.